The molecule has 0 bridgehead atoms. The van der Waals surface area contributed by atoms with Gasteiger partial charge >= 0.3 is 0 Å². The Bertz CT molecular complexity index is 599. The van der Waals surface area contributed by atoms with Crippen LogP contribution in [0.25, 0.3) is 6.08 Å². The number of halogens is 1. The van der Waals surface area contributed by atoms with Crippen LogP contribution in [0.4, 0.5) is 0 Å². The standard InChI is InChI=1S/C17H21BrN2O2S/c18-15-7-5-14(23-15)6-8-16(21)19-9-11-20(12-10-19)17(22)13-3-1-2-4-13/h5-8,13H,1-4,9-12H2/b8-6+. The SMILES string of the molecule is O=C(/C=C/c1ccc(Br)s1)N1CCN(C(=O)C2CCCC2)CC1. The van der Waals surface area contributed by atoms with Crippen molar-refractivity contribution in [2.75, 3.05) is 26.2 Å². The molecule has 0 N–H and O–H groups in total. The van der Waals surface area contributed by atoms with Crippen molar-refractivity contribution in [1.29, 1.82) is 0 Å². The molecule has 23 heavy (non-hydrogen) atoms. The fourth-order valence-electron chi connectivity index (χ4n) is 3.25. The van der Waals surface area contributed by atoms with E-state index in [1.807, 2.05) is 28.0 Å². The summed E-state index contributed by atoms with van der Waals surface area (Å²) in [5.74, 6) is 0.561. The molecule has 2 heterocycles. The molecule has 0 radical (unpaired) electrons. The number of amides is 2. The van der Waals surface area contributed by atoms with Crippen LogP contribution in [-0.2, 0) is 9.59 Å². The lowest BCUT2D eigenvalue weighted by molar-refractivity contribution is -0.140. The highest BCUT2D eigenvalue weighted by Gasteiger charge is 2.30. The van der Waals surface area contributed by atoms with E-state index in [1.165, 1.54) is 12.8 Å². The Balaban J connectivity index is 1.49. The summed E-state index contributed by atoms with van der Waals surface area (Å²) in [4.78, 5) is 29.5. The molecule has 1 saturated heterocycles. The highest BCUT2D eigenvalue weighted by molar-refractivity contribution is 9.11. The van der Waals surface area contributed by atoms with Gasteiger partial charge in [0.15, 0.2) is 0 Å². The van der Waals surface area contributed by atoms with Crippen LogP contribution in [-0.4, -0.2) is 47.8 Å². The van der Waals surface area contributed by atoms with E-state index in [-0.39, 0.29) is 11.8 Å². The zero-order valence-electron chi connectivity index (χ0n) is 13.0. The average Bonchev–Trinajstić information content (AvgIpc) is 3.24. The molecule has 0 atom stereocenters. The molecule has 2 fully saturated rings. The Morgan fingerprint density at radius 3 is 2.35 bits per heavy atom. The number of carbonyl (C=O) groups is 2. The zero-order chi connectivity index (χ0) is 16.2. The van der Waals surface area contributed by atoms with Crippen LogP contribution in [0.15, 0.2) is 22.0 Å². The lowest BCUT2D eigenvalue weighted by Crippen LogP contribution is -2.51. The first kappa shape index (κ1) is 16.7. The molecule has 1 saturated carbocycles. The Kier molecular flexibility index (Phi) is 5.54. The number of nitrogens with zero attached hydrogens (tertiary/aromatic N) is 2. The van der Waals surface area contributed by atoms with Gasteiger partial charge in [-0.2, -0.15) is 0 Å². The first-order valence-corrected chi connectivity index (χ1v) is 9.75. The van der Waals surface area contributed by atoms with Crippen LogP contribution >= 0.6 is 27.3 Å². The Labute approximate surface area is 149 Å². The second-order valence-electron chi connectivity index (χ2n) is 6.11. The van der Waals surface area contributed by atoms with Crippen LogP contribution in [0.1, 0.15) is 30.6 Å². The third kappa shape index (κ3) is 4.23. The molecule has 0 aromatic carbocycles. The normalized spacial score (nSPS) is 19.7. The third-order valence-electron chi connectivity index (χ3n) is 4.59. The third-order valence-corrected chi connectivity index (χ3v) is 6.18. The Morgan fingerprint density at radius 2 is 1.74 bits per heavy atom. The molecule has 2 amide bonds. The van der Waals surface area contributed by atoms with E-state index in [2.05, 4.69) is 15.9 Å². The maximum Gasteiger partial charge on any atom is 0.246 e. The van der Waals surface area contributed by atoms with Crippen molar-refractivity contribution >= 4 is 45.2 Å². The van der Waals surface area contributed by atoms with Crippen LogP contribution in [0.3, 0.4) is 0 Å². The minimum atomic E-state index is 0.0301. The number of carbonyl (C=O) groups excluding carboxylic acids is 2. The van der Waals surface area contributed by atoms with Crippen LogP contribution in [0.2, 0.25) is 0 Å². The first-order chi connectivity index (χ1) is 11.1. The largest absolute Gasteiger partial charge is 0.339 e. The number of rotatable bonds is 3. The molecule has 1 aliphatic heterocycles. The Morgan fingerprint density at radius 1 is 1.09 bits per heavy atom. The lowest BCUT2D eigenvalue weighted by Gasteiger charge is -2.35. The van der Waals surface area contributed by atoms with Crippen molar-refractivity contribution < 1.29 is 9.59 Å². The van der Waals surface area contributed by atoms with Gasteiger partial charge in [-0.05, 0) is 47.0 Å². The Hall–Kier alpha value is -1.14. The maximum atomic E-state index is 12.4. The molecule has 1 aliphatic carbocycles. The van der Waals surface area contributed by atoms with Gasteiger partial charge in [-0.15, -0.1) is 11.3 Å². The fourth-order valence-corrected chi connectivity index (χ4v) is 4.58. The van der Waals surface area contributed by atoms with Crippen molar-refractivity contribution in [3.05, 3.63) is 26.9 Å². The minimum absolute atomic E-state index is 0.0301. The first-order valence-electron chi connectivity index (χ1n) is 8.14. The van der Waals surface area contributed by atoms with Crippen LogP contribution in [0, 0.1) is 5.92 Å². The van der Waals surface area contributed by atoms with Crippen LogP contribution in [0.5, 0.6) is 0 Å². The summed E-state index contributed by atoms with van der Waals surface area (Å²) in [5.41, 5.74) is 0. The molecular weight excluding hydrogens is 376 g/mol. The van der Waals surface area contributed by atoms with Crippen molar-refractivity contribution in [3.8, 4) is 0 Å². The molecule has 124 valence electrons. The molecule has 3 rings (SSSR count). The van der Waals surface area contributed by atoms with E-state index in [0.717, 1.165) is 21.5 Å². The number of thiophene rings is 1. The van der Waals surface area contributed by atoms with Gasteiger partial charge in [0.25, 0.3) is 0 Å². The van der Waals surface area contributed by atoms with E-state index in [0.29, 0.717) is 32.1 Å². The summed E-state index contributed by atoms with van der Waals surface area (Å²) in [6, 6.07) is 3.96. The summed E-state index contributed by atoms with van der Waals surface area (Å²) < 4.78 is 1.06. The molecule has 0 unspecified atom stereocenters. The molecule has 4 nitrogen and oxygen atoms in total. The zero-order valence-corrected chi connectivity index (χ0v) is 15.4. The summed E-state index contributed by atoms with van der Waals surface area (Å²) in [5, 5.41) is 0. The predicted octanol–water partition coefficient (Wildman–Crippen LogP) is 3.38. The highest BCUT2D eigenvalue weighted by atomic mass is 79.9. The number of hydrogen-bond acceptors (Lipinski definition) is 3. The van der Waals surface area contributed by atoms with Crippen molar-refractivity contribution in [2.24, 2.45) is 5.92 Å². The summed E-state index contributed by atoms with van der Waals surface area (Å²) in [6.45, 7) is 2.60. The number of hydrogen-bond donors (Lipinski definition) is 0. The second kappa shape index (κ2) is 7.62. The van der Waals surface area contributed by atoms with Gasteiger partial charge in [0, 0.05) is 43.1 Å². The second-order valence-corrected chi connectivity index (χ2v) is 8.60. The van der Waals surface area contributed by atoms with E-state index in [9.17, 15) is 9.59 Å². The molecule has 1 aromatic heterocycles. The topological polar surface area (TPSA) is 40.6 Å². The molecule has 6 heteroatoms. The summed E-state index contributed by atoms with van der Waals surface area (Å²) in [6.07, 6.45) is 7.92. The van der Waals surface area contributed by atoms with Gasteiger partial charge in [0.05, 0.1) is 3.79 Å². The smallest absolute Gasteiger partial charge is 0.246 e. The average molecular weight is 397 g/mol. The van der Waals surface area contributed by atoms with Crippen molar-refractivity contribution in [2.45, 2.75) is 25.7 Å². The van der Waals surface area contributed by atoms with Gasteiger partial charge in [-0.1, -0.05) is 12.8 Å². The minimum Gasteiger partial charge on any atom is -0.339 e. The molecule has 2 aliphatic rings. The lowest BCUT2D eigenvalue weighted by atomic mass is 10.1. The van der Waals surface area contributed by atoms with Gasteiger partial charge < -0.3 is 9.80 Å². The van der Waals surface area contributed by atoms with E-state index >= 15 is 0 Å². The highest BCUT2D eigenvalue weighted by Crippen LogP contribution is 2.27. The van der Waals surface area contributed by atoms with Gasteiger partial charge in [0.2, 0.25) is 11.8 Å². The summed E-state index contributed by atoms with van der Waals surface area (Å²) in [7, 11) is 0. The van der Waals surface area contributed by atoms with Gasteiger partial charge in [0.1, 0.15) is 0 Å². The van der Waals surface area contributed by atoms with E-state index < -0.39 is 0 Å². The van der Waals surface area contributed by atoms with Crippen LogP contribution < -0.4 is 0 Å². The van der Waals surface area contributed by atoms with Gasteiger partial charge in [-0.25, -0.2) is 0 Å². The summed E-state index contributed by atoms with van der Waals surface area (Å²) >= 11 is 5.02. The van der Waals surface area contributed by atoms with Crippen molar-refractivity contribution in [1.82, 2.24) is 9.80 Å². The van der Waals surface area contributed by atoms with Gasteiger partial charge in [-0.3, -0.25) is 9.59 Å². The van der Waals surface area contributed by atoms with E-state index in [4.69, 9.17) is 0 Å². The molecular formula is C17H21BrN2O2S. The van der Waals surface area contributed by atoms with Crippen molar-refractivity contribution in [3.63, 3.8) is 0 Å². The predicted molar refractivity (Wildman–Crippen MR) is 96.2 cm³/mol. The molecule has 0 spiro atoms. The number of piperazine rings is 1. The van der Waals surface area contributed by atoms with E-state index in [1.54, 1.807) is 17.4 Å². The maximum absolute atomic E-state index is 12.4. The molecule has 1 aromatic rings. The fraction of sp³-hybridized carbons (Fsp3) is 0.529. The quantitative estimate of drug-likeness (QED) is 0.734. The monoisotopic (exact) mass is 396 g/mol.